The smallest absolute Gasteiger partial charge is 0.243 e. The molecule has 2 heterocycles. The van der Waals surface area contributed by atoms with E-state index in [4.69, 9.17) is 9.47 Å². The zero-order valence-electron chi connectivity index (χ0n) is 17.7. The van der Waals surface area contributed by atoms with Crippen LogP contribution in [0.3, 0.4) is 0 Å². The first-order chi connectivity index (χ1) is 15.0. The summed E-state index contributed by atoms with van der Waals surface area (Å²) in [6, 6.07) is 12.5. The number of benzene rings is 2. The second-order valence-corrected chi connectivity index (χ2v) is 9.78. The summed E-state index contributed by atoms with van der Waals surface area (Å²) in [5.41, 5.74) is 1.92. The lowest BCUT2D eigenvalue weighted by atomic mass is 9.97. The number of sulfonamides is 1. The molecule has 4 rings (SSSR count). The molecule has 1 saturated heterocycles. The van der Waals surface area contributed by atoms with Crippen molar-refractivity contribution in [1.29, 1.82) is 0 Å². The number of nitrogens with zero attached hydrogens (tertiary/aromatic N) is 1. The zero-order chi connectivity index (χ0) is 21.8. The molecule has 0 bridgehead atoms. The molecule has 7 nitrogen and oxygen atoms in total. The highest BCUT2D eigenvalue weighted by Crippen LogP contribution is 2.34. The fourth-order valence-corrected chi connectivity index (χ4v) is 5.48. The van der Waals surface area contributed by atoms with Crippen LogP contribution in [0.25, 0.3) is 0 Å². The fraction of sp³-hybridized carbons (Fsp3) is 0.435. The molecule has 0 radical (unpaired) electrons. The maximum absolute atomic E-state index is 13.1. The minimum absolute atomic E-state index is 0.0477. The van der Waals surface area contributed by atoms with Crippen molar-refractivity contribution >= 4 is 21.6 Å². The van der Waals surface area contributed by atoms with Crippen LogP contribution >= 0.6 is 0 Å². The number of rotatable bonds is 5. The monoisotopic (exact) mass is 444 g/mol. The average molecular weight is 445 g/mol. The van der Waals surface area contributed by atoms with Crippen molar-refractivity contribution in [1.82, 2.24) is 4.31 Å². The Labute approximate surface area is 183 Å². The van der Waals surface area contributed by atoms with Crippen LogP contribution in [0.15, 0.2) is 47.4 Å². The van der Waals surface area contributed by atoms with Gasteiger partial charge in [-0.15, -0.1) is 0 Å². The van der Waals surface area contributed by atoms with Crippen molar-refractivity contribution in [3.8, 4) is 11.5 Å². The summed E-state index contributed by atoms with van der Waals surface area (Å²) in [7, 11) is -3.66. The van der Waals surface area contributed by atoms with E-state index in [1.807, 2.05) is 31.2 Å². The zero-order valence-corrected chi connectivity index (χ0v) is 18.5. The van der Waals surface area contributed by atoms with E-state index in [1.165, 1.54) is 10.4 Å². The van der Waals surface area contributed by atoms with E-state index in [2.05, 4.69) is 5.32 Å². The van der Waals surface area contributed by atoms with Crippen LogP contribution in [0.2, 0.25) is 0 Å². The molecule has 2 aliphatic heterocycles. The number of fused-ring (bicyclic) bond motifs is 1. The van der Waals surface area contributed by atoms with E-state index < -0.39 is 10.0 Å². The van der Waals surface area contributed by atoms with Crippen molar-refractivity contribution in [3.05, 3.63) is 48.0 Å². The molecule has 0 aliphatic carbocycles. The average Bonchev–Trinajstić information content (AvgIpc) is 3.04. The molecule has 2 aliphatic rings. The number of hydrogen-bond donors (Lipinski definition) is 1. The van der Waals surface area contributed by atoms with Gasteiger partial charge in [-0.05, 0) is 43.0 Å². The third-order valence-corrected chi connectivity index (χ3v) is 7.73. The second kappa shape index (κ2) is 9.28. The normalized spacial score (nSPS) is 17.7. The van der Waals surface area contributed by atoms with Gasteiger partial charge in [0.2, 0.25) is 15.9 Å². The largest absolute Gasteiger partial charge is 0.490 e. The minimum atomic E-state index is -3.66. The van der Waals surface area contributed by atoms with E-state index in [9.17, 15) is 13.2 Å². The maximum Gasteiger partial charge on any atom is 0.243 e. The molecule has 1 N–H and O–H groups in total. The summed E-state index contributed by atoms with van der Waals surface area (Å²) >= 11 is 0. The van der Waals surface area contributed by atoms with Crippen LogP contribution in [-0.2, 0) is 21.2 Å². The molecule has 8 heteroatoms. The Balaban J connectivity index is 1.41. The number of aryl methyl sites for hydroxylation is 1. The van der Waals surface area contributed by atoms with Gasteiger partial charge in [-0.2, -0.15) is 4.31 Å². The Kier molecular flexibility index (Phi) is 6.48. The van der Waals surface area contributed by atoms with Crippen LogP contribution < -0.4 is 14.8 Å². The van der Waals surface area contributed by atoms with Crippen LogP contribution in [0, 0.1) is 5.92 Å². The summed E-state index contributed by atoms with van der Waals surface area (Å²) in [4.78, 5) is 12.9. The molecule has 31 heavy (non-hydrogen) atoms. The SMILES string of the molecule is CCc1ccccc1NC(=O)C1CCN(S(=O)(=O)c2ccc3c(c2)OCCCO3)CC1. The van der Waals surface area contributed by atoms with Gasteiger partial charge in [0.05, 0.1) is 18.1 Å². The lowest BCUT2D eigenvalue weighted by Gasteiger charge is -2.30. The van der Waals surface area contributed by atoms with Crippen molar-refractivity contribution in [2.24, 2.45) is 5.92 Å². The summed E-state index contributed by atoms with van der Waals surface area (Å²) in [6.45, 7) is 3.72. The number of para-hydroxylation sites is 1. The summed E-state index contributed by atoms with van der Waals surface area (Å²) < 4.78 is 39.0. The highest BCUT2D eigenvalue weighted by Gasteiger charge is 2.33. The third kappa shape index (κ3) is 4.70. The molecule has 1 fully saturated rings. The van der Waals surface area contributed by atoms with Gasteiger partial charge in [-0.1, -0.05) is 25.1 Å². The topological polar surface area (TPSA) is 84.9 Å². The Morgan fingerprint density at radius 3 is 2.52 bits per heavy atom. The fourth-order valence-electron chi connectivity index (χ4n) is 4.00. The van der Waals surface area contributed by atoms with Crippen molar-refractivity contribution in [2.75, 3.05) is 31.6 Å². The van der Waals surface area contributed by atoms with Gasteiger partial charge >= 0.3 is 0 Å². The van der Waals surface area contributed by atoms with Gasteiger partial charge in [0.15, 0.2) is 11.5 Å². The molecule has 0 spiro atoms. The van der Waals surface area contributed by atoms with Crippen molar-refractivity contribution < 1.29 is 22.7 Å². The van der Waals surface area contributed by atoms with Gasteiger partial charge in [-0.3, -0.25) is 4.79 Å². The first-order valence-electron chi connectivity index (χ1n) is 10.8. The molecule has 2 aromatic carbocycles. The highest BCUT2D eigenvalue weighted by molar-refractivity contribution is 7.89. The van der Waals surface area contributed by atoms with Crippen LogP contribution in [0.4, 0.5) is 5.69 Å². The first kappa shape index (κ1) is 21.6. The molecule has 0 unspecified atom stereocenters. The van der Waals surface area contributed by atoms with Crippen molar-refractivity contribution in [2.45, 2.75) is 37.5 Å². The van der Waals surface area contributed by atoms with Crippen LogP contribution in [0.5, 0.6) is 11.5 Å². The third-order valence-electron chi connectivity index (χ3n) is 5.84. The number of carbonyl (C=O) groups is 1. The predicted molar refractivity (Wildman–Crippen MR) is 118 cm³/mol. The summed E-state index contributed by atoms with van der Waals surface area (Å²) in [6.07, 6.45) is 2.57. The van der Waals surface area contributed by atoms with E-state index in [-0.39, 0.29) is 16.7 Å². The van der Waals surface area contributed by atoms with Gasteiger partial charge in [-0.25, -0.2) is 8.42 Å². The predicted octanol–water partition coefficient (Wildman–Crippen LogP) is 3.45. The van der Waals surface area contributed by atoms with E-state index >= 15 is 0 Å². The lowest BCUT2D eigenvalue weighted by molar-refractivity contribution is -0.120. The van der Waals surface area contributed by atoms with E-state index in [0.29, 0.717) is 50.6 Å². The highest BCUT2D eigenvalue weighted by atomic mass is 32.2. The Hall–Kier alpha value is -2.58. The Bertz CT molecular complexity index is 1050. The molecule has 0 aromatic heterocycles. The summed E-state index contributed by atoms with van der Waals surface area (Å²) in [5, 5.41) is 3.02. The number of piperidine rings is 1. The molecule has 0 saturated carbocycles. The first-order valence-corrected chi connectivity index (χ1v) is 12.2. The number of hydrogen-bond acceptors (Lipinski definition) is 5. The molecule has 166 valence electrons. The van der Waals surface area contributed by atoms with Gasteiger partial charge < -0.3 is 14.8 Å². The maximum atomic E-state index is 13.1. The number of nitrogens with one attached hydrogen (secondary N) is 1. The van der Waals surface area contributed by atoms with Gasteiger partial charge in [0.1, 0.15) is 0 Å². The Morgan fingerprint density at radius 2 is 1.77 bits per heavy atom. The summed E-state index contributed by atoms with van der Waals surface area (Å²) in [5.74, 6) is 0.773. The Morgan fingerprint density at radius 1 is 1.06 bits per heavy atom. The number of ether oxygens (including phenoxy) is 2. The number of carbonyl (C=O) groups excluding carboxylic acids is 1. The van der Waals surface area contributed by atoms with E-state index in [1.54, 1.807) is 12.1 Å². The van der Waals surface area contributed by atoms with Crippen molar-refractivity contribution in [3.63, 3.8) is 0 Å². The van der Waals surface area contributed by atoms with Gasteiger partial charge in [0, 0.05) is 37.2 Å². The van der Waals surface area contributed by atoms with Gasteiger partial charge in [0.25, 0.3) is 0 Å². The van der Waals surface area contributed by atoms with E-state index in [0.717, 1.165) is 24.1 Å². The lowest BCUT2D eigenvalue weighted by Crippen LogP contribution is -2.41. The standard InChI is InChI=1S/C23H28N2O5S/c1-2-17-6-3-4-7-20(17)24-23(26)18-10-12-25(13-11-18)31(27,28)19-8-9-21-22(16-19)30-15-5-14-29-21/h3-4,6-9,16,18H,2,5,10-15H2,1H3,(H,24,26). The second-order valence-electron chi connectivity index (χ2n) is 7.84. The molecular weight excluding hydrogens is 416 g/mol. The molecule has 2 aromatic rings. The van der Waals surface area contributed by atoms with Crippen LogP contribution in [0.1, 0.15) is 31.7 Å². The number of anilines is 1. The number of amides is 1. The molecule has 1 amide bonds. The quantitative estimate of drug-likeness (QED) is 0.764. The minimum Gasteiger partial charge on any atom is -0.490 e. The molecular formula is C23H28N2O5S. The molecule has 0 atom stereocenters. The van der Waals surface area contributed by atoms with Crippen LogP contribution in [-0.4, -0.2) is 44.9 Å².